The molecule has 0 aliphatic rings. The summed E-state index contributed by atoms with van der Waals surface area (Å²) in [6, 6.07) is 11.9. The van der Waals surface area contributed by atoms with E-state index in [1.165, 1.54) is 23.5 Å². The minimum Gasteiger partial charge on any atom is -0.483 e. The molecule has 0 fully saturated rings. The molecule has 0 saturated heterocycles. The lowest BCUT2D eigenvalue weighted by molar-refractivity contribution is -0.118. The lowest BCUT2D eigenvalue weighted by atomic mass is 10.1. The number of carbonyl (C=O) groups is 1. The van der Waals surface area contributed by atoms with Crippen molar-refractivity contribution in [3.63, 3.8) is 0 Å². The Labute approximate surface area is 136 Å². The molecule has 0 bridgehead atoms. The summed E-state index contributed by atoms with van der Waals surface area (Å²) < 4.78 is 19.4. The molecule has 2 aromatic carbocycles. The number of carbonyl (C=O) groups excluding carboxylic acids is 1. The Balaban J connectivity index is 1.64. The highest BCUT2D eigenvalue weighted by atomic mass is 32.1. The SMILES string of the molecule is CCc1ccccc1OCC(=O)Nc1nc2ccc(F)cc2s1. The van der Waals surface area contributed by atoms with E-state index in [0.29, 0.717) is 21.1 Å². The van der Waals surface area contributed by atoms with Gasteiger partial charge in [-0.1, -0.05) is 36.5 Å². The summed E-state index contributed by atoms with van der Waals surface area (Å²) >= 11 is 1.23. The predicted octanol–water partition coefficient (Wildman–Crippen LogP) is 4.02. The van der Waals surface area contributed by atoms with Gasteiger partial charge in [0.2, 0.25) is 0 Å². The lowest BCUT2D eigenvalue weighted by Gasteiger charge is -2.09. The first kappa shape index (κ1) is 15.4. The number of aromatic nitrogens is 1. The minimum absolute atomic E-state index is 0.0959. The van der Waals surface area contributed by atoms with E-state index < -0.39 is 0 Å². The van der Waals surface area contributed by atoms with Crippen molar-refractivity contribution in [3.05, 3.63) is 53.8 Å². The number of rotatable bonds is 5. The molecule has 0 radical (unpaired) electrons. The number of hydrogen-bond donors (Lipinski definition) is 1. The molecule has 0 saturated carbocycles. The van der Waals surface area contributed by atoms with Gasteiger partial charge in [0.05, 0.1) is 10.2 Å². The summed E-state index contributed by atoms with van der Waals surface area (Å²) in [4.78, 5) is 16.2. The van der Waals surface area contributed by atoms with Crippen LogP contribution in [0, 0.1) is 5.82 Å². The molecule has 0 spiro atoms. The Morgan fingerprint density at radius 3 is 2.96 bits per heavy atom. The number of benzene rings is 2. The summed E-state index contributed by atoms with van der Waals surface area (Å²) in [5.74, 6) is 0.0884. The molecule has 118 valence electrons. The number of thiazole rings is 1. The van der Waals surface area contributed by atoms with Gasteiger partial charge in [-0.2, -0.15) is 0 Å². The second-order valence-electron chi connectivity index (χ2n) is 4.93. The topological polar surface area (TPSA) is 51.2 Å². The van der Waals surface area contributed by atoms with E-state index in [1.54, 1.807) is 6.07 Å². The zero-order valence-electron chi connectivity index (χ0n) is 12.5. The van der Waals surface area contributed by atoms with Crippen LogP contribution in [0.4, 0.5) is 9.52 Å². The van der Waals surface area contributed by atoms with Crippen LogP contribution in [0.25, 0.3) is 10.2 Å². The van der Waals surface area contributed by atoms with Crippen LogP contribution in [0.3, 0.4) is 0 Å². The van der Waals surface area contributed by atoms with Gasteiger partial charge in [-0.15, -0.1) is 0 Å². The maximum absolute atomic E-state index is 13.2. The summed E-state index contributed by atoms with van der Waals surface area (Å²) in [5.41, 5.74) is 1.71. The van der Waals surface area contributed by atoms with Gasteiger partial charge in [0.15, 0.2) is 11.7 Å². The van der Waals surface area contributed by atoms with E-state index in [9.17, 15) is 9.18 Å². The first-order valence-electron chi connectivity index (χ1n) is 7.22. The Hall–Kier alpha value is -2.47. The highest BCUT2D eigenvalue weighted by Gasteiger charge is 2.10. The monoisotopic (exact) mass is 330 g/mol. The summed E-state index contributed by atoms with van der Waals surface area (Å²) in [5, 5.41) is 3.11. The van der Waals surface area contributed by atoms with E-state index in [4.69, 9.17) is 4.74 Å². The number of hydrogen-bond acceptors (Lipinski definition) is 4. The lowest BCUT2D eigenvalue weighted by Crippen LogP contribution is -2.20. The molecule has 0 aliphatic carbocycles. The maximum Gasteiger partial charge on any atom is 0.264 e. The summed E-state index contributed by atoms with van der Waals surface area (Å²) in [6.45, 7) is 1.93. The maximum atomic E-state index is 13.2. The van der Waals surface area contributed by atoms with Gasteiger partial charge in [-0.25, -0.2) is 9.37 Å². The highest BCUT2D eigenvalue weighted by molar-refractivity contribution is 7.22. The highest BCUT2D eigenvalue weighted by Crippen LogP contribution is 2.26. The standard InChI is InChI=1S/C17H15FN2O2S/c1-2-11-5-3-4-6-14(11)22-10-16(21)20-17-19-13-8-7-12(18)9-15(13)23-17/h3-9H,2,10H2,1H3,(H,19,20,21). The van der Waals surface area contributed by atoms with Gasteiger partial charge in [0.1, 0.15) is 11.6 Å². The van der Waals surface area contributed by atoms with Crippen LogP contribution in [-0.4, -0.2) is 17.5 Å². The van der Waals surface area contributed by atoms with Gasteiger partial charge >= 0.3 is 0 Å². The molecular formula is C17H15FN2O2S. The fourth-order valence-electron chi connectivity index (χ4n) is 2.19. The van der Waals surface area contributed by atoms with Crippen molar-refractivity contribution >= 4 is 32.6 Å². The molecule has 4 nitrogen and oxygen atoms in total. The van der Waals surface area contributed by atoms with Crippen LogP contribution in [0.5, 0.6) is 5.75 Å². The van der Waals surface area contributed by atoms with E-state index in [-0.39, 0.29) is 18.3 Å². The van der Waals surface area contributed by atoms with Crippen LogP contribution < -0.4 is 10.1 Å². The van der Waals surface area contributed by atoms with Crippen molar-refractivity contribution in [2.45, 2.75) is 13.3 Å². The van der Waals surface area contributed by atoms with Gasteiger partial charge < -0.3 is 4.74 Å². The first-order valence-corrected chi connectivity index (χ1v) is 8.04. The Morgan fingerprint density at radius 2 is 2.13 bits per heavy atom. The molecule has 0 aliphatic heterocycles. The van der Waals surface area contributed by atoms with Crippen molar-refractivity contribution in [2.24, 2.45) is 0 Å². The molecule has 1 amide bonds. The van der Waals surface area contributed by atoms with Crippen molar-refractivity contribution in [2.75, 3.05) is 11.9 Å². The molecule has 23 heavy (non-hydrogen) atoms. The molecule has 3 rings (SSSR count). The second kappa shape index (κ2) is 6.75. The van der Waals surface area contributed by atoms with Crippen molar-refractivity contribution in [3.8, 4) is 5.75 Å². The number of fused-ring (bicyclic) bond motifs is 1. The number of amides is 1. The third kappa shape index (κ3) is 3.65. The minimum atomic E-state index is -0.321. The fourth-order valence-corrected chi connectivity index (χ4v) is 3.09. The van der Waals surface area contributed by atoms with Crippen molar-refractivity contribution in [1.82, 2.24) is 4.98 Å². The van der Waals surface area contributed by atoms with Gasteiger partial charge in [0, 0.05) is 0 Å². The zero-order valence-corrected chi connectivity index (χ0v) is 13.3. The average molecular weight is 330 g/mol. The molecule has 6 heteroatoms. The summed E-state index contributed by atoms with van der Waals surface area (Å²) in [7, 11) is 0. The molecule has 1 N–H and O–H groups in total. The summed E-state index contributed by atoms with van der Waals surface area (Å²) in [6.07, 6.45) is 0.835. The molecule has 0 atom stereocenters. The second-order valence-corrected chi connectivity index (χ2v) is 5.96. The van der Waals surface area contributed by atoms with Crippen LogP contribution in [0.2, 0.25) is 0 Å². The fraction of sp³-hybridized carbons (Fsp3) is 0.176. The number of halogens is 1. The van der Waals surface area contributed by atoms with Crippen LogP contribution in [0.15, 0.2) is 42.5 Å². The predicted molar refractivity (Wildman–Crippen MR) is 89.5 cm³/mol. The van der Waals surface area contributed by atoms with E-state index in [1.807, 2.05) is 31.2 Å². The average Bonchev–Trinajstić information content (AvgIpc) is 2.94. The van der Waals surface area contributed by atoms with Crippen LogP contribution in [0.1, 0.15) is 12.5 Å². The van der Waals surface area contributed by atoms with Crippen molar-refractivity contribution < 1.29 is 13.9 Å². The normalized spacial score (nSPS) is 10.7. The third-order valence-corrected chi connectivity index (χ3v) is 4.24. The molecule has 1 aromatic heterocycles. The quantitative estimate of drug-likeness (QED) is 0.769. The molecule has 3 aromatic rings. The largest absolute Gasteiger partial charge is 0.483 e. The van der Waals surface area contributed by atoms with E-state index in [0.717, 1.165) is 12.0 Å². The number of nitrogens with zero attached hydrogens (tertiary/aromatic N) is 1. The van der Waals surface area contributed by atoms with Crippen LogP contribution in [-0.2, 0) is 11.2 Å². The number of nitrogens with one attached hydrogen (secondary N) is 1. The number of para-hydroxylation sites is 1. The number of anilines is 1. The van der Waals surface area contributed by atoms with Gasteiger partial charge in [-0.3, -0.25) is 10.1 Å². The Kier molecular flexibility index (Phi) is 4.52. The molecular weight excluding hydrogens is 315 g/mol. The molecule has 0 unspecified atom stereocenters. The van der Waals surface area contributed by atoms with E-state index in [2.05, 4.69) is 10.3 Å². The third-order valence-electron chi connectivity index (χ3n) is 3.31. The zero-order chi connectivity index (χ0) is 16.2. The Bertz CT molecular complexity index is 847. The van der Waals surface area contributed by atoms with Crippen LogP contribution >= 0.6 is 11.3 Å². The van der Waals surface area contributed by atoms with E-state index >= 15 is 0 Å². The first-order chi connectivity index (χ1) is 11.2. The number of ether oxygens (including phenoxy) is 1. The number of aryl methyl sites for hydroxylation is 1. The van der Waals surface area contributed by atoms with Crippen molar-refractivity contribution in [1.29, 1.82) is 0 Å². The smallest absolute Gasteiger partial charge is 0.264 e. The molecule has 1 heterocycles. The van der Waals surface area contributed by atoms with Gasteiger partial charge in [0.25, 0.3) is 5.91 Å². The van der Waals surface area contributed by atoms with Gasteiger partial charge in [-0.05, 0) is 36.2 Å². The Morgan fingerprint density at radius 1 is 1.30 bits per heavy atom.